The molecule has 0 aliphatic heterocycles. The number of primary amides is 1. The number of sulfonamides is 1. The van der Waals surface area contributed by atoms with E-state index in [9.17, 15) is 18.0 Å². The third-order valence-corrected chi connectivity index (χ3v) is 4.32. The van der Waals surface area contributed by atoms with Gasteiger partial charge < -0.3 is 10.8 Å². The Morgan fingerprint density at radius 3 is 2.29 bits per heavy atom. The summed E-state index contributed by atoms with van der Waals surface area (Å²) < 4.78 is 26.5. The minimum absolute atomic E-state index is 0.00287. The molecule has 0 aliphatic rings. The van der Waals surface area contributed by atoms with Crippen LogP contribution in [-0.4, -0.2) is 31.4 Å². The fraction of sp³-hybridized carbons (Fsp3) is 0.333. The van der Waals surface area contributed by atoms with E-state index in [-0.39, 0.29) is 15.5 Å². The summed E-state index contributed by atoms with van der Waals surface area (Å²) in [6, 6.07) is 2.07. The summed E-state index contributed by atoms with van der Waals surface area (Å²) in [5.41, 5.74) is 5.00. The molecule has 116 valence electrons. The number of nitrogens with one attached hydrogen (secondary N) is 1. The highest BCUT2D eigenvalue weighted by atomic mass is 35.5. The lowest BCUT2D eigenvalue weighted by molar-refractivity contribution is -0.140. The molecule has 0 heterocycles. The topological polar surface area (TPSA) is 127 Å². The number of carboxylic acid groups (broad SMARTS) is 1. The van der Waals surface area contributed by atoms with E-state index < -0.39 is 33.9 Å². The molecule has 1 aromatic rings. The largest absolute Gasteiger partial charge is 0.480 e. The van der Waals surface area contributed by atoms with Gasteiger partial charge >= 0.3 is 5.97 Å². The predicted octanol–water partition coefficient (Wildman–Crippen LogP) is 0.826. The summed E-state index contributed by atoms with van der Waals surface area (Å²) in [4.78, 5) is 21.9. The molecule has 0 bridgehead atoms. The number of rotatable bonds is 6. The number of amides is 1. The van der Waals surface area contributed by atoms with Crippen LogP contribution in [0.4, 0.5) is 0 Å². The molecule has 0 fully saturated rings. The molecule has 4 N–H and O–H groups in total. The Kier molecular flexibility index (Phi) is 5.32. The number of hydrogen-bond donors (Lipinski definition) is 3. The standard InChI is InChI=1S/C12H15ClN2O5S/c1-6(2)10(12(17)18)15-21(19,20)9-4-7(11(14)16)3-8(13)5-9/h3-6,10,15H,1-2H3,(H2,14,16)(H,17,18). The first-order chi connectivity index (χ1) is 9.54. The lowest BCUT2D eigenvalue weighted by Crippen LogP contribution is -2.44. The number of hydrogen-bond acceptors (Lipinski definition) is 4. The zero-order valence-corrected chi connectivity index (χ0v) is 12.9. The van der Waals surface area contributed by atoms with E-state index >= 15 is 0 Å². The number of carboxylic acids is 1. The minimum Gasteiger partial charge on any atom is -0.480 e. The zero-order chi connectivity index (χ0) is 16.4. The van der Waals surface area contributed by atoms with Gasteiger partial charge in [-0.15, -0.1) is 0 Å². The van der Waals surface area contributed by atoms with E-state index in [0.717, 1.165) is 12.1 Å². The van der Waals surface area contributed by atoms with Crippen LogP contribution in [0.3, 0.4) is 0 Å². The Labute approximate surface area is 127 Å². The molecule has 0 saturated heterocycles. The monoisotopic (exact) mass is 334 g/mol. The van der Waals surface area contributed by atoms with Crippen LogP contribution in [0.2, 0.25) is 5.02 Å². The summed E-state index contributed by atoms with van der Waals surface area (Å²) in [7, 11) is -4.15. The summed E-state index contributed by atoms with van der Waals surface area (Å²) in [5.74, 6) is -2.61. The number of aliphatic carboxylic acids is 1. The second-order valence-corrected chi connectivity index (χ2v) is 6.87. The molecule has 0 aliphatic carbocycles. The van der Waals surface area contributed by atoms with Crippen molar-refractivity contribution in [2.75, 3.05) is 0 Å². The molecule has 1 amide bonds. The fourth-order valence-electron chi connectivity index (χ4n) is 1.57. The third kappa shape index (κ3) is 4.42. The van der Waals surface area contributed by atoms with Crippen molar-refractivity contribution in [1.82, 2.24) is 4.72 Å². The van der Waals surface area contributed by atoms with Gasteiger partial charge in [-0.2, -0.15) is 4.72 Å². The van der Waals surface area contributed by atoms with Gasteiger partial charge in [0, 0.05) is 10.6 Å². The van der Waals surface area contributed by atoms with Crippen LogP contribution in [0.1, 0.15) is 24.2 Å². The Hall–Kier alpha value is -1.64. The van der Waals surface area contributed by atoms with Crippen LogP contribution >= 0.6 is 11.6 Å². The van der Waals surface area contributed by atoms with Crippen LogP contribution in [-0.2, 0) is 14.8 Å². The molecule has 7 nitrogen and oxygen atoms in total. The quantitative estimate of drug-likeness (QED) is 0.710. The molecule has 1 unspecified atom stereocenters. The normalized spacial score (nSPS) is 13.1. The number of halogens is 1. The highest BCUT2D eigenvalue weighted by molar-refractivity contribution is 7.89. The Morgan fingerprint density at radius 1 is 1.29 bits per heavy atom. The summed E-state index contributed by atoms with van der Waals surface area (Å²) in [5, 5.41) is 9.03. The van der Waals surface area contributed by atoms with Gasteiger partial charge in [0.15, 0.2) is 0 Å². The van der Waals surface area contributed by atoms with Crippen molar-refractivity contribution >= 4 is 33.5 Å². The highest BCUT2D eigenvalue weighted by Crippen LogP contribution is 2.20. The zero-order valence-electron chi connectivity index (χ0n) is 11.3. The number of carbonyl (C=O) groups excluding carboxylic acids is 1. The minimum atomic E-state index is -4.15. The summed E-state index contributed by atoms with van der Waals surface area (Å²) in [6.07, 6.45) is 0. The number of benzene rings is 1. The van der Waals surface area contributed by atoms with Crippen molar-refractivity contribution < 1.29 is 23.1 Å². The molecule has 1 aromatic carbocycles. The number of carbonyl (C=O) groups is 2. The van der Waals surface area contributed by atoms with Crippen molar-refractivity contribution in [1.29, 1.82) is 0 Å². The lowest BCUT2D eigenvalue weighted by atomic mass is 10.1. The van der Waals surface area contributed by atoms with E-state index in [4.69, 9.17) is 22.4 Å². The molecule has 9 heteroatoms. The van der Waals surface area contributed by atoms with Gasteiger partial charge in [-0.25, -0.2) is 8.42 Å². The van der Waals surface area contributed by atoms with Crippen LogP contribution in [0, 0.1) is 5.92 Å². The van der Waals surface area contributed by atoms with Gasteiger partial charge in [-0.3, -0.25) is 9.59 Å². The second-order valence-electron chi connectivity index (χ2n) is 4.72. The molecule has 0 spiro atoms. The van der Waals surface area contributed by atoms with Crippen LogP contribution in [0.15, 0.2) is 23.1 Å². The molecule has 0 radical (unpaired) electrons. The Morgan fingerprint density at radius 2 is 1.86 bits per heavy atom. The smallest absolute Gasteiger partial charge is 0.322 e. The van der Waals surface area contributed by atoms with Gasteiger partial charge in [0.25, 0.3) is 0 Å². The Balaban J connectivity index is 3.25. The van der Waals surface area contributed by atoms with Gasteiger partial charge in [0.05, 0.1) is 4.90 Å². The molecule has 0 saturated carbocycles. The van der Waals surface area contributed by atoms with E-state index in [1.165, 1.54) is 6.07 Å². The maximum Gasteiger partial charge on any atom is 0.322 e. The SMILES string of the molecule is CC(C)C(NS(=O)(=O)c1cc(Cl)cc(C(N)=O)c1)C(=O)O. The molecule has 21 heavy (non-hydrogen) atoms. The third-order valence-electron chi connectivity index (χ3n) is 2.68. The Bertz CT molecular complexity index is 672. The van der Waals surface area contributed by atoms with Crippen molar-refractivity contribution in [3.05, 3.63) is 28.8 Å². The second kappa shape index (κ2) is 6.42. The lowest BCUT2D eigenvalue weighted by Gasteiger charge is -2.18. The number of nitrogens with two attached hydrogens (primary N) is 1. The van der Waals surface area contributed by atoms with Crippen molar-refractivity contribution in [2.24, 2.45) is 11.7 Å². The average Bonchev–Trinajstić information content (AvgIpc) is 2.34. The molecule has 1 rings (SSSR count). The van der Waals surface area contributed by atoms with E-state index in [0.29, 0.717) is 0 Å². The molecule has 0 aromatic heterocycles. The summed E-state index contributed by atoms with van der Waals surface area (Å²) >= 11 is 5.75. The van der Waals surface area contributed by atoms with E-state index in [2.05, 4.69) is 4.72 Å². The van der Waals surface area contributed by atoms with Crippen molar-refractivity contribution in [2.45, 2.75) is 24.8 Å². The van der Waals surface area contributed by atoms with E-state index in [1.54, 1.807) is 13.8 Å². The van der Waals surface area contributed by atoms with Gasteiger partial charge in [0.2, 0.25) is 15.9 Å². The highest BCUT2D eigenvalue weighted by Gasteiger charge is 2.28. The van der Waals surface area contributed by atoms with Crippen LogP contribution in [0.25, 0.3) is 0 Å². The average molecular weight is 335 g/mol. The molecule has 1 atom stereocenters. The first-order valence-corrected chi connectivity index (χ1v) is 7.76. The first-order valence-electron chi connectivity index (χ1n) is 5.90. The van der Waals surface area contributed by atoms with Crippen molar-refractivity contribution in [3.63, 3.8) is 0 Å². The first kappa shape index (κ1) is 17.4. The maximum absolute atomic E-state index is 12.2. The van der Waals surface area contributed by atoms with Crippen LogP contribution < -0.4 is 10.5 Å². The molecular weight excluding hydrogens is 320 g/mol. The molecular formula is C12H15ClN2O5S. The maximum atomic E-state index is 12.2. The predicted molar refractivity (Wildman–Crippen MR) is 76.6 cm³/mol. The van der Waals surface area contributed by atoms with Gasteiger partial charge in [0.1, 0.15) is 6.04 Å². The van der Waals surface area contributed by atoms with Gasteiger partial charge in [-0.1, -0.05) is 25.4 Å². The fourth-order valence-corrected chi connectivity index (χ4v) is 3.27. The van der Waals surface area contributed by atoms with Crippen molar-refractivity contribution in [3.8, 4) is 0 Å². The summed E-state index contributed by atoms with van der Waals surface area (Å²) in [6.45, 7) is 3.13. The van der Waals surface area contributed by atoms with Crippen LogP contribution in [0.5, 0.6) is 0 Å². The van der Waals surface area contributed by atoms with Gasteiger partial charge in [-0.05, 0) is 24.1 Å². The van der Waals surface area contributed by atoms with E-state index in [1.807, 2.05) is 0 Å².